The molecule has 152 valence electrons. The third-order valence-electron chi connectivity index (χ3n) is 4.79. The molecule has 7 nitrogen and oxygen atoms in total. The molecule has 0 aliphatic rings. The van der Waals surface area contributed by atoms with Gasteiger partial charge in [0.05, 0.1) is 24.0 Å². The second kappa shape index (κ2) is 9.34. The maximum atomic E-state index is 12.4. The van der Waals surface area contributed by atoms with Gasteiger partial charge in [0, 0.05) is 26.3 Å². The molecular formula is C22H27N5O2. The first kappa shape index (κ1) is 20.5. The van der Waals surface area contributed by atoms with Crippen LogP contribution in [0.15, 0.2) is 53.3 Å². The molecule has 1 heterocycles. The Kier molecular flexibility index (Phi) is 6.61. The zero-order valence-corrected chi connectivity index (χ0v) is 17.1. The molecule has 3 rings (SSSR count). The quantitative estimate of drug-likeness (QED) is 0.613. The van der Waals surface area contributed by atoms with Crippen LogP contribution in [0.25, 0.3) is 10.9 Å². The van der Waals surface area contributed by atoms with Gasteiger partial charge in [0.2, 0.25) is 5.91 Å². The number of benzene rings is 2. The smallest absolute Gasteiger partial charge is 0.258 e. The molecule has 0 unspecified atom stereocenters. The van der Waals surface area contributed by atoms with Crippen molar-refractivity contribution < 1.29 is 4.79 Å². The van der Waals surface area contributed by atoms with E-state index in [1.807, 2.05) is 73.3 Å². The molecule has 0 spiro atoms. The minimum Gasteiger partial charge on any atom is -0.378 e. The number of hydrogen-bond acceptors (Lipinski definition) is 5. The van der Waals surface area contributed by atoms with Gasteiger partial charge in [-0.3, -0.25) is 14.5 Å². The van der Waals surface area contributed by atoms with E-state index in [0.29, 0.717) is 36.4 Å². The normalized spacial score (nSPS) is 11.0. The Morgan fingerprint density at radius 2 is 1.83 bits per heavy atom. The molecule has 0 radical (unpaired) electrons. The van der Waals surface area contributed by atoms with Crippen LogP contribution in [0.4, 0.5) is 5.69 Å². The highest BCUT2D eigenvalue weighted by Crippen LogP contribution is 2.12. The lowest BCUT2D eigenvalue weighted by Gasteiger charge is -2.19. The van der Waals surface area contributed by atoms with E-state index in [9.17, 15) is 9.59 Å². The number of anilines is 1. The summed E-state index contributed by atoms with van der Waals surface area (Å²) in [5.41, 5.74) is 2.67. The van der Waals surface area contributed by atoms with Gasteiger partial charge in [0.1, 0.15) is 5.82 Å². The van der Waals surface area contributed by atoms with E-state index in [-0.39, 0.29) is 18.0 Å². The first-order valence-electron chi connectivity index (χ1n) is 9.69. The Hall–Kier alpha value is -3.19. The van der Waals surface area contributed by atoms with Gasteiger partial charge in [-0.15, -0.1) is 0 Å². The Morgan fingerprint density at radius 1 is 1.10 bits per heavy atom. The highest BCUT2D eigenvalue weighted by Gasteiger charge is 2.12. The van der Waals surface area contributed by atoms with Crippen LogP contribution in [0.1, 0.15) is 18.3 Å². The van der Waals surface area contributed by atoms with Crippen LogP contribution >= 0.6 is 0 Å². The molecule has 3 aromatic rings. The molecule has 29 heavy (non-hydrogen) atoms. The number of H-pyrrole nitrogens is 1. The molecule has 0 fully saturated rings. The summed E-state index contributed by atoms with van der Waals surface area (Å²) in [5, 5.41) is 3.52. The number of likely N-dealkylation sites (N-methyl/N-ethyl adjacent to an activating group) is 1. The fourth-order valence-corrected chi connectivity index (χ4v) is 3.07. The summed E-state index contributed by atoms with van der Waals surface area (Å²) < 4.78 is 0. The molecular weight excluding hydrogens is 366 g/mol. The highest BCUT2D eigenvalue weighted by atomic mass is 16.2. The van der Waals surface area contributed by atoms with Crippen molar-refractivity contribution in [3.8, 4) is 0 Å². The van der Waals surface area contributed by atoms with Crippen molar-refractivity contribution in [3.05, 3.63) is 70.3 Å². The second-order valence-electron chi connectivity index (χ2n) is 7.17. The summed E-state index contributed by atoms with van der Waals surface area (Å²) in [5.74, 6) is 0.495. The lowest BCUT2D eigenvalue weighted by Crippen LogP contribution is -2.37. The Labute approximate surface area is 170 Å². The SMILES string of the molecule is CCN(CC(=O)NCc1ccc(N(C)C)cc1)Cc1nc2ccccc2c(=O)[nH]1. The molecule has 7 heteroatoms. The predicted molar refractivity (Wildman–Crippen MR) is 116 cm³/mol. The maximum absolute atomic E-state index is 12.4. The lowest BCUT2D eigenvalue weighted by atomic mass is 10.2. The molecule has 0 atom stereocenters. The van der Waals surface area contributed by atoms with Crippen LogP contribution in [-0.2, 0) is 17.9 Å². The van der Waals surface area contributed by atoms with Gasteiger partial charge < -0.3 is 15.2 Å². The molecule has 1 amide bonds. The van der Waals surface area contributed by atoms with E-state index in [0.717, 1.165) is 11.3 Å². The molecule has 0 aliphatic heterocycles. The van der Waals surface area contributed by atoms with Crippen LogP contribution in [0.5, 0.6) is 0 Å². The van der Waals surface area contributed by atoms with Crippen molar-refractivity contribution in [2.24, 2.45) is 0 Å². The minimum atomic E-state index is -0.160. The number of amides is 1. The Balaban J connectivity index is 1.58. The first-order valence-corrected chi connectivity index (χ1v) is 9.69. The van der Waals surface area contributed by atoms with Gasteiger partial charge in [-0.25, -0.2) is 4.98 Å². The van der Waals surface area contributed by atoms with Crippen molar-refractivity contribution in [1.29, 1.82) is 0 Å². The number of carbonyl (C=O) groups is 1. The van der Waals surface area contributed by atoms with Crippen molar-refractivity contribution in [1.82, 2.24) is 20.2 Å². The van der Waals surface area contributed by atoms with Crippen molar-refractivity contribution in [2.75, 3.05) is 32.1 Å². The van der Waals surface area contributed by atoms with Crippen LogP contribution in [-0.4, -0.2) is 48.0 Å². The number of carbonyl (C=O) groups excluding carboxylic acids is 1. The number of nitrogens with one attached hydrogen (secondary N) is 2. The fraction of sp³-hybridized carbons (Fsp3) is 0.318. The largest absolute Gasteiger partial charge is 0.378 e. The van der Waals surface area contributed by atoms with Gasteiger partial charge in [-0.1, -0.05) is 31.2 Å². The summed E-state index contributed by atoms with van der Waals surface area (Å²) in [4.78, 5) is 35.9. The van der Waals surface area contributed by atoms with Gasteiger partial charge in [0.15, 0.2) is 0 Å². The van der Waals surface area contributed by atoms with E-state index in [1.54, 1.807) is 6.07 Å². The van der Waals surface area contributed by atoms with Crippen LogP contribution < -0.4 is 15.8 Å². The molecule has 0 saturated carbocycles. The van der Waals surface area contributed by atoms with Gasteiger partial charge in [-0.2, -0.15) is 0 Å². The second-order valence-corrected chi connectivity index (χ2v) is 7.17. The summed E-state index contributed by atoms with van der Waals surface area (Å²) in [6.07, 6.45) is 0. The Morgan fingerprint density at radius 3 is 2.52 bits per heavy atom. The van der Waals surface area contributed by atoms with Crippen LogP contribution in [0.2, 0.25) is 0 Å². The summed E-state index contributed by atoms with van der Waals surface area (Å²) in [6.45, 7) is 3.77. The average Bonchev–Trinajstić information content (AvgIpc) is 2.72. The number of aromatic nitrogens is 2. The average molecular weight is 393 g/mol. The van der Waals surface area contributed by atoms with Crippen LogP contribution in [0, 0.1) is 0 Å². The van der Waals surface area contributed by atoms with E-state index in [2.05, 4.69) is 15.3 Å². The van der Waals surface area contributed by atoms with E-state index < -0.39 is 0 Å². The lowest BCUT2D eigenvalue weighted by molar-refractivity contribution is -0.122. The third kappa shape index (κ3) is 5.42. The van der Waals surface area contributed by atoms with Gasteiger partial charge in [-0.05, 0) is 36.4 Å². The van der Waals surface area contributed by atoms with Gasteiger partial charge in [0.25, 0.3) is 5.56 Å². The number of nitrogens with zero attached hydrogens (tertiary/aromatic N) is 3. The van der Waals surface area contributed by atoms with Crippen molar-refractivity contribution in [3.63, 3.8) is 0 Å². The highest BCUT2D eigenvalue weighted by molar-refractivity contribution is 5.78. The first-order chi connectivity index (χ1) is 14.0. The molecule has 0 saturated heterocycles. The topological polar surface area (TPSA) is 81.3 Å². The van der Waals surface area contributed by atoms with Crippen molar-refractivity contribution >= 4 is 22.5 Å². The molecule has 2 N–H and O–H groups in total. The number of hydrogen-bond donors (Lipinski definition) is 2. The van der Waals surface area contributed by atoms with E-state index >= 15 is 0 Å². The number of aromatic amines is 1. The van der Waals surface area contributed by atoms with Gasteiger partial charge >= 0.3 is 0 Å². The fourth-order valence-electron chi connectivity index (χ4n) is 3.07. The van der Waals surface area contributed by atoms with E-state index in [1.165, 1.54) is 0 Å². The monoisotopic (exact) mass is 393 g/mol. The van der Waals surface area contributed by atoms with Crippen molar-refractivity contribution in [2.45, 2.75) is 20.0 Å². The molecule has 0 aliphatic carbocycles. The Bertz CT molecular complexity index is 1030. The molecule has 0 bridgehead atoms. The van der Waals surface area contributed by atoms with Crippen LogP contribution in [0.3, 0.4) is 0 Å². The number of rotatable bonds is 8. The summed E-state index contributed by atoms with van der Waals surface area (Å²) >= 11 is 0. The van der Waals surface area contributed by atoms with E-state index in [4.69, 9.17) is 0 Å². The standard InChI is InChI=1S/C22H27N5O2/c1-4-27(14-20-24-19-8-6-5-7-18(19)22(29)25-20)15-21(28)23-13-16-9-11-17(12-10-16)26(2)3/h5-12H,4,13-15H2,1-3H3,(H,23,28)(H,24,25,29). The molecule has 1 aromatic heterocycles. The zero-order chi connectivity index (χ0) is 20.8. The third-order valence-corrected chi connectivity index (χ3v) is 4.79. The zero-order valence-electron chi connectivity index (χ0n) is 17.1. The summed E-state index contributed by atoms with van der Waals surface area (Å²) in [6, 6.07) is 15.3. The molecule has 2 aromatic carbocycles. The number of para-hydroxylation sites is 1. The maximum Gasteiger partial charge on any atom is 0.258 e. The minimum absolute atomic E-state index is 0.0633. The number of fused-ring (bicyclic) bond motifs is 1. The predicted octanol–water partition coefficient (Wildman–Crippen LogP) is 2.13. The summed E-state index contributed by atoms with van der Waals surface area (Å²) in [7, 11) is 3.99.